The molecule has 7 heteroatoms. The molecule has 1 aliphatic carbocycles. The number of nitrogens with zero attached hydrogens (tertiary/aromatic N) is 2. The van der Waals surface area contributed by atoms with Gasteiger partial charge in [0.25, 0.3) is 0 Å². The Kier molecular flexibility index (Phi) is 4.36. The third kappa shape index (κ3) is 3.29. The van der Waals surface area contributed by atoms with E-state index in [1.165, 1.54) is 5.56 Å². The van der Waals surface area contributed by atoms with Gasteiger partial charge < -0.3 is 10.6 Å². The van der Waals surface area contributed by atoms with Crippen molar-refractivity contribution < 1.29 is 9.42 Å². The van der Waals surface area contributed by atoms with Crippen molar-refractivity contribution in [1.82, 2.24) is 10.3 Å². The fourth-order valence-corrected chi connectivity index (χ4v) is 4.21. The van der Waals surface area contributed by atoms with Crippen LogP contribution in [0.4, 0.5) is 11.6 Å². The molecule has 29 heavy (non-hydrogen) atoms. The first-order valence-electron chi connectivity index (χ1n) is 9.53. The molecule has 0 saturated heterocycles. The number of carbonyl (C=O) groups excluding carboxylic acids is 1. The van der Waals surface area contributed by atoms with Crippen LogP contribution in [0.25, 0.3) is 0 Å². The van der Waals surface area contributed by atoms with Crippen LogP contribution in [-0.4, -0.2) is 16.1 Å². The van der Waals surface area contributed by atoms with Gasteiger partial charge in [-0.2, -0.15) is 0 Å². The minimum Gasteiger partial charge on any atom is -0.353 e. The lowest BCUT2D eigenvalue weighted by molar-refractivity contribution is -0.116. The summed E-state index contributed by atoms with van der Waals surface area (Å²) in [6, 6.07) is 15.5. The highest BCUT2D eigenvalue weighted by molar-refractivity contribution is 6.30. The van der Waals surface area contributed by atoms with Crippen molar-refractivity contribution in [2.75, 3.05) is 10.6 Å². The monoisotopic (exact) mass is 406 g/mol. The van der Waals surface area contributed by atoms with E-state index in [0.717, 1.165) is 22.4 Å². The van der Waals surface area contributed by atoms with E-state index in [9.17, 15) is 4.79 Å². The van der Waals surface area contributed by atoms with Crippen LogP contribution in [0.5, 0.6) is 0 Å². The Morgan fingerprint density at radius 2 is 1.66 bits per heavy atom. The highest BCUT2D eigenvalue weighted by Crippen LogP contribution is 2.43. The van der Waals surface area contributed by atoms with E-state index in [-0.39, 0.29) is 17.7 Å². The maximum Gasteiger partial charge on any atom is 0.219 e. The second-order valence-electron chi connectivity index (χ2n) is 7.55. The van der Waals surface area contributed by atoms with Crippen molar-refractivity contribution in [3.63, 3.8) is 0 Å². The number of benzene rings is 2. The first kappa shape index (κ1) is 17.9. The number of anilines is 2. The van der Waals surface area contributed by atoms with E-state index < -0.39 is 0 Å². The Morgan fingerprint density at radius 1 is 0.966 bits per heavy atom. The van der Waals surface area contributed by atoms with Crippen LogP contribution < -0.4 is 10.6 Å². The number of aryl methyl sites for hydroxylation is 1. The van der Waals surface area contributed by atoms with E-state index in [1.807, 2.05) is 24.3 Å². The lowest BCUT2D eigenvalue weighted by Gasteiger charge is -2.29. The number of allylic oxidation sites excluding steroid dienone is 1. The molecular weight excluding hydrogens is 388 g/mol. The summed E-state index contributed by atoms with van der Waals surface area (Å²) in [5.74, 6) is 1.20. The number of rotatable bonds is 2. The van der Waals surface area contributed by atoms with Gasteiger partial charge in [-0.3, -0.25) is 4.79 Å². The molecule has 1 aliphatic heterocycles. The third-order valence-electron chi connectivity index (χ3n) is 5.59. The van der Waals surface area contributed by atoms with E-state index in [2.05, 4.69) is 52.1 Å². The van der Waals surface area contributed by atoms with Crippen LogP contribution in [0.3, 0.4) is 0 Å². The predicted molar refractivity (Wildman–Crippen MR) is 111 cm³/mol. The number of nitrogens with one attached hydrogen (secondary N) is 2. The Morgan fingerprint density at radius 3 is 2.41 bits per heavy atom. The van der Waals surface area contributed by atoms with Crippen LogP contribution in [0.2, 0.25) is 5.02 Å². The fourth-order valence-electron chi connectivity index (χ4n) is 4.08. The topological polar surface area (TPSA) is 80.1 Å². The molecule has 0 amide bonds. The van der Waals surface area contributed by atoms with Gasteiger partial charge in [-0.15, -0.1) is 0 Å². The van der Waals surface area contributed by atoms with Crippen LogP contribution in [-0.2, 0) is 4.79 Å². The average molecular weight is 407 g/mol. The quantitative estimate of drug-likeness (QED) is 0.622. The molecule has 2 unspecified atom stereocenters. The van der Waals surface area contributed by atoms with Gasteiger partial charge >= 0.3 is 0 Å². The molecule has 0 radical (unpaired) electrons. The standard InChI is InChI=1S/C22H19ClN4O2/c1-12-2-4-13(5-3-12)15-10-17-19(18(28)11-15)20(14-6-8-16(23)9-7-14)25-22-21(24-17)26-29-27-22/h2-9,15,20H,10-11H2,1H3,(H,24,26)(H,25,27). The first-order chi connectivity index (χ1) is 14.1. The van der Waals surface area contributed by atoms with Gasteiger partial charge in [0.15, 0.2) is 5.78 Å². The normalized spacial score (nSPS) is 21.0. The largest absolute Gasteiger partial charge is 0.353 e. The predicted octanol–water partition coefficient (Wildman–Crippen LogP) is 5.01. The average Bonchev–Trinajstić information content (AvgIpc) is 3.08. The van der Waals surface area contributed by atoms with Crippen LogP contribution in [0.15, 0.2) is 64.4 Å². The Hall–Kier alpha value is -3.12. The zero-order chi connectivity index (χ0) is 20.0. The van der Waals surface area contributed by atoms with Gasteiger partial charge in [-0.05, 0) is 52.8 Å². The van der Waals surface area contributed by atoms with Gasteiger partial charge in [0.05, 0.1) is 6.04 Å². The molecule has 0 saturated carbocycles. The number of aromatic nitrogens is 2. The number of carbonyl (C=O) groups is 1. The zero-order valence-corrected chi connectivity index (χ0v) is 16.5. The number of hydrogen-bond donors (Lipinski definition) is 2. The first-order valence-corrected chi connectivity index (χ1v) is 9.90. The molecular formula is C22H19ClN4O2. The molecule has 2 heterocycles. The van der Waals surface area contributed by atoms with Gasteiger partial charge in [0.1, 0.15) is 0 Å². The molecule has 2 N–H and O–H groups in total. The molecule has 0 spiro atoms. The summed E-state index contributed by atoms with van der Waals surface area (Å²) in [4.78, 5) is 13.3. The van der Waals surface area contributed by atoms with Gasteiger partial charge in [-0.25, -0.2) is 4.63 Å². The van der Waals surface area contributed by atoms with Crippen molar-refractivity contribution in [3.8, 4) is 0 Å². The lowest BCUT2D eigenvalue weighted by Crippen LogP contribution is -2.27. The van der Waals surface area contributed by atoms with Gasteiger partial charge in [-0.1, -0.05) is 53.6 Å². The van der Waals surface area contributed by atoms with E-state index in [4.69, 9.17) is 16.2 Å². The molecule has 3 aromatic rings. The number of Topliss-reactive ketones (excluding diaryl/α,β-unsaturated/α-hetero) is 1. The maximum absolute atomic E-state index is 13.3. The minimum atomic E-state index is -0.352. The maximum atomic E-state index is 13.3. The van der Waals surface area contributed by atoms with Gasteiger partial charge in [0.2, 0.25) is 11.6 Å². The second kappa shape index (κ2) is 7.04. The SMILES string of the molecule is Cc1ccc(C2CC(=O)C3=C(C2)Nc2nonc2NC3c2ccc(Cl)cc2)cc1. The third-order valence-corrected chi connectivity index (χ3v) is 5.84. The Bertz CT molecular complexity index is 1100. The second-order valence-corrected chi connectivity index (χ2v) is 7.98. The minimum absolute atomic E-state index is 0.110. The van der Waals surface area contributed by atoms with E-state index in [1.54, 1.807) is 0 Å². The van der Waals surface area contributed by atoms with Crippen molar-refractivity contribution in [2.45, 2.75) is 31.7 Å². The van der Waals surface area contributed by atoms with Gasteiger partial charge in [0, 0.05) is 22.7 Å². The summed E-state index contributed by atoms with van der Waals surface area (Å²) in [7, 11) is 0. The molecule has 1 aromatic heterocycles. The highest BCUT2D eigenvalue weighted by atomic mass is 35.5. The summed E-state index contributed by atoms with van der Waals surface area (Å²) in [6.45, 7) is 2.06. The molecule has 146 valence electrons. The van der Waals surface area contributed by atoms with Crippen molar-refractivity contribution >= 4 is 29.0 Å². The Labute approximate surface area is 172 Å². The summed E-state index contributed by atoms with van der Waals surface area (Å²) in [5, 5.41) is 15.2. The summed E-state index contributed by atoms with van der Waals surface area (Å²) >= 11 is 6.06. The van der Waals surface area contributed by atoms with Crippen molar-refractivity contribution in [2.24, 2.45) is 0 Å². The molecule has 2 aliphatic rings. The van der Waals surface area contributed by atoms with Crippen LogP contribution in [0.1, 0.15) is 41.5 Å². The number of hydrogen-bond acceptors (Lipinski definition) is 6. The number of fused-ring (bicyclic) bond motifs is 1. The lowest BCUT2D eigenvalue weighted by atomic mass is 9.78. The molecule has 0 bridgehead atoms. The van der Waals surface area contributed by atoms with Crippen LogP contribution in [0, 0.1) is 6.92 Å². The Balaban J connectivity index is 1.58. The molecule has 6 nitrogen and oxygen atoms in total. The van der Waals surface area contributed by atoms with Crippen LogP contribution >= 0.6 is 11.6 Å². The molecule has 2 aromatic carbocycles. The zero-order valence-electron chi connectivity index (χ0n) is 15.8. The summed E-state index contributed by atoms with van der Waals surface area (Å²) in [6.07, 6.45) is 1.17. The van der Waals surface area contributed by atoms with Crippen molar-refractivity contribution in [1.29, 1.82) is 0 Å². The molecule has 0 fully saturated rings. The molecule has 5 rings (SSSR count). The highest BCUT2D eigenvalue weighted by Gasteiger charge is 2.37. The summed E-state index contributed by atoms with van der Waals surface area (Å²) < 4.78 is 4.90. The molecule has 2 atom stereocenters. The smallest absolute Gasteiger partial charge is 0.219 e. The number of halogens is 1. The van der Waals surface area contributed by atoms with E-state index in [0.29, 0.717) is 29.5 Å². The summed E-state index contributed by atoms with van der Waals surface area (Å²) in [5.41, 5.74) is 4.87. The number of ketones is 1. The van der Waals surface area contributed by atoms with Crippen molar-refractivity contribution in [3.05, 3.63) is 81.5 Å². The fraction of sp³-hybridized carbons (Fsp3) is 0.227. The van der Waals surface area contributed by atoms with E-state index >= 15 is 0 Å².